The molecule has 5 nitrogen and oxygen atoms in total. The highest BCUT2D eigenvalue weighted by molar-refractivity contribution is 6.03. The summed E-state index contributed by atoms with van der Waals surface area (Å²) in [6, 6.07) is 0. The van der Waals surface area contributed by atoms with Crippen molar-refractivity contribution >= 4 is 22.1 Å². The van der Waals surface area contributed by atoms with Gasteiger partial charge in [0.05, 0.1) is 0 Å². The molecule has 0 fully saturated rings. The smallest absolute Gasteiger partial charge is 0.145 e. The van der Waals surface area contributed by atoms with Gasteiger partial charge in [-0.15, -0.1) is 0 Å². The number of fused-ring (bicyclic) bond motifs is 3. The lowest BCUT2D eigenvalue weighted by Gasteiger charge is -1.93. The highest BCUT2D eigenvalue weighted by atomic mass is 15.1. The van der Waals surface area contributed by atoms with Gasteiger partial charge in [0, 0.05) is 30.2 Å². The van der Waals surface area contributed by atoms with Crippen LogP contribution in [0, 0.1) is 0 Å². The van der Waals surface area contributed by atoms with E-state index in [1.165, 1.54) is 12.7 Å². The summed E-state index contributed by atoms with van der Waals surface area (Å²) in [5.74, 6) is 0. The summed E-state index contributed by atoms with van der Waals surface area (Å²) in [5, 5.41) is 1.98. The third-order valence-corrected chi connectivity index (χ3v) is 2.31. The molecule has 0 saturated carbocycles. The van der Waals surface area contributed by atoms with Crippen molar-refractivity contribution < 1.29 is 0 Å². The predicted octanol–water partition coefficient (Wildman–Crippen LogP) is 0.911. The van der Waals surface area contributed by atoms with Gasteiger partial charge in [-0.25, -0.2) is 19.9 Å². The van der Waals surface area contributed by atoms with E-state index in [1.807, 2.05) is 11.6 Å². The van der Waals surface area contributed by atoms with Gasteiger partial charge in [-0.1, -0.05) is 0 Å². The molecule has 0 saturated heterocycles. The zero-order chi connectivity index (χ0) is 9.54. The Morgan fingerprint density at radius 3 is 1.93 bits per heavy atom. The van der Waals surface area contributed by atoms with Gasteiger partial charge in [-0.2, -0.15) is 0 Å². The Bertz CT molecular complexity index is 559. The van der Waals surface area contributed by atoms with Gasteiger partial charge in [-0.05, 0) is 0 Å². The van der Waals surface area contributed by atoms with Crippen molar-refractivity contribution in [2.24, 2.45) is 7.05 Å². The van der Waals surface area contributed by atoms with Gasteiger partial charge in [0.1, 0.15) is 23.9 Å². The fourth-order valence-corrected chi connectivity index (χ4v) is 1.66. The summed E-state index contributed by atoms with van der Waals surface area (Å²) >= 11 is 0. The standard InChI is InChI=1S/C9H7N5/c1-14-8-6(2-10-4-12-8)7-3-11-5-13-9(7)14/h2-5H,1H3. The summed E-state index contributed by atoms with van der Waals surface area (Å²) < 4.78 is 1.94. The lowest BCUT2D eigenvalue weighted by atomic mass is 10.3. The van der Waals surface area contributed by atoms with Crippen LogP contribution in [0.3, 0.4) is 0 Å². The van der Waals surface area contributed by atoms with Gasteiger partial charge in [-0.3, -0.25) is 0 Å². The minimum Gasteiger partial charge on any atom is -0.313 e. The van der Waals surface area contributed by atoms with Crippen LogP contribution in [0.1, 0.15) is 0 Å². The van der Waals surface area contributed by atoms with Crippen LogP contribution in [0.4, 0.5) is 0 Å². The number of rotatable bonds is 0. The van der Waals surface area contributed by atoms with E-state index in [0.29, 0.717) is 0 Å². The molecule has 0 N–H and O–H groups in total. The summed E-state index contributed by atoms with van der Waals surface area (Å²) in [6.45, 7) is 0. The molecule has 3 rings (SSSR count). The molecule has 0 bridgehead atoms. The van der Waals surface area contributed by atoms with E-state index in [1.54, 1.807) is 12.4 Å². The fourth-order valence-electron chi connectivity index (χ4n) is 1.66. The molecule has 0 atom stereocenters. The molecule has 0 radical (unpaired) electrons. The summed E-state index contributed by atoms with van der Waals surface area (Å²) in [7, 11) is 1.94. The number of nitrogens with zero attached hydrogens (tertiary/aromatic N) is 5. The van der Waals surface area contributed by atoms with Crippen LogP contribution < -0.4 is 0 Å². The average molecular weight is 185 g/mol. The highest BCUT2D eigenvalue weighted by Gasteiger charge is 2.08. The van der Waals surface area contributed by atoms with E-state index in [-0.39, 0.29) is 0 Å². The van der Waals surface area contributed by atoms with Crippen LogP contribution in [-0.2, 0) is 7.05 Å². The number of hydrogen-bond acceptors (Lipinski definition) is 4. The first-order valence-electron chi connectivity index (χ1n) is 4.22. The zero-order valence-corrected chi connectivity index (χ0v) is 7.55. The SMILES string of the molecule is Cn1c2ncncc2c2cncnc21. The van der Waals surface area contributed by atoms with Crippen molar-refractivity contribution in [2.75, 3.05) is 0 Å². The Labute approximate surface area is 79.5 Å². The van der Waals surface area contributed by atoms with E-state index >= 15 is 0 Å². The van der Waals surface area contributed by atoms with E-state index in [4.69, 9.17) is 0 Å². The number of aryl methyl sites for hydroxylation is 1. The summed E-state index contributed by atoms with van der Waals surface area (Å²) in [4.78, 5) is 16.4. The normalized spacial score (nSPS) is 11.2. The minimum atomic E-state index is 0.885. The first-order chi connectivity index (χ1) is 6.88. The van der Waals surface area contributed by atoms with Crippen LogP contribution in [0.25, 0.3) is 22.1 Å². The highest BCUT2D eigenvalue weighted by Crippen LogP contribution is 2.22. The van der Waals surface area contributed by atoms with Gasteiger partial charge in [0.15, 0.2) is 0 Å². The van der Waals surface area contributed by atoms with Crippen LogP contribution >= 0.6 is 0 Å². The van der Waals surface area contributed by atoms with E-state index in [2.05, 4.69) is 19.9 Å². The van der Waals surface area contributed by atoms with Crippen molar-refractivity contribution in [1.29, 1.82) is 0 Å². The Hall–Kier alpha value is -2.04. The van der Waals surface area contributed by atoms with Crippen molar-refractivity contribution in [3.05, 3.63) is 25.0 Å². The Kier molecular flexibility index (Phi) is 1.30. The second-order valence-electron chi connectivity index (χ2n) is 3.08. The number of aromatic nitrogens is 5. The molecule has 5 heteroatoms. The molecule has 14 heavy (non-hydrogen) atoms. The Balaban J connectivity index is 2.69. The second-order valence-corrected chi connectivity index (χ2v) is 3.08. The largest absolute Gasteiger partial charge is 0.313 e. The third kappa shape index (κ3) is 0.783. The summed E-state index contributed by atoms with van der Waals surface area (Å²) in [6.07, 6.45) is 6.64. The van der Waals surface area contributed by atoms with Crippen LogP contribution in [0.15, 0.2) is 25.0 Å². The topological polar surface area (TPSA) is 56.5 Å². The van der Waals surface area contributed by atoms with Crippen molar-refractivity contribution in [3.8, 4) is 0 Å². The van der Waals surface area contributed by atoms with E-state index in [0.717, 1.165) is 22.1 Å². The van der Waals surface area contributed by atoms with Gasteiger partial charge >= 0.3 is 0 Å². The molecule has 0 aliphatic rings. The molecule has 0 aliphatic heterocycles. The molecular weight excluding hydrogens is 178 g/mol. The van der Waals surface area contributed by atoms with E-state index in [9.17, 15) is 0 Å². The lowest BCUT2D eigenvalue weighted by molar-refractivity contribution is 0.957. The molecule has 0 aromatic carbocycles. The third-order valence-electron chi connectivity index (χ3n) is 2.31. The molecule has 0 unspecified atom stereocenters. The minimum absolute atomic E-state index is 0.885. The van der Waals surface area contributed by atoms with Crippen LogP contribution in [0.5, 0.6) is 0 Å². The molecule has 3 aromatic heterocycles. The monoisotopic (exact) mass is 185 g/mol. The zero-order valence-electron chi connectivity index (χ0n) is 7.55. The average Bonchev–Trinajstić information content (AvgIpc) is 2.55. The Morgan fingerprint density at radius 1 is 0.929 bits per heavy atom. The van der Waals surface area contributed by atoms with Crippen molar-refractivity contribution in [1.82, 2.24) is 24.5 Å². The molecular formula is C9H7N5. The predicted molar refractivity (Wildman–Crippen MR) is 51.6 cm³/mol. The van der Waals surface area contributed by atoms with E-state index < -0.39 is 0 Å². The van der Waals surface area contributed by atoms with Crippen LogP contribution in [0.2, 0.25) is 0 Å². The first-order valence-corrected chi connectivity index (χ1v) is 4.22. The molecule has 0 spiro atoms. The van der Waals surface area contributed by atoms with Gasteiger partial charge in [0.2, 0.25) is 0 Å². The fraction of sp³-hybridized carbons (Fsp3) is 0.111. The van der Waals surface area contributed by atoms with Crippen molar-refractivity contribution in [2.45, 2.75) is 0 Å². The molecule has 3 heterocycles. The van der Waals surface area contributed by atoms with Crippen LogP contribution in [-0.4, -0.2) is 24.5 Å². The second kappa shape index (κ2) is 2.47. The Morgan fingerprint density at radius 2 is 1.43 bits per heavy atom. The molecule has 3 aromatic rings. The van der Waals surface area contributed by atoms with Crippen molar-refractivity contribution in [3.63, 3.8) is 0 Å². The molecule has 0 amide bonds. The van der Waals surface area contributed by atoms with Gasteiger partial charge in [0.25, 0.3) is 0 Å². The first kappa shape index (κ1) is 7.37. The summed E-state index contributed by atoms with van der Waals surface area (Å²) in [5.41, 5.74) is 1.77. The maximum atomic E-state index is 4.20. The lowest BCUT2D eigenvalue weighted by Crippen LogP contribution is -1.91. The molecule has 0 aliphatic carbocycles. The maximum absolute atomic E-state index is 4.20. The van der Waals surface area contributed by atoms with Gasteiger partial charge < -0.3 is 4.57 Å². The molecule has 68 valence electrons. The number of hydrogen-bond donors (Lipinski definition) is 0. The quantitative estimate of drug-likeness (QED) is 0.522. The maximum Gasteiger partial charge on any atom is 0.145 e.